The van der Waals surface area contributed by atoms with Gasteiger partial charge in [-0.2, -0.15) is 0 Å². The molecule has 2 atom stereocenters. The number of benzene rings is 1. The Morgan fingerprint density at radius 2 is 2.05 bits per heavy atom. The van der Waals surface area contributed by atoms with Crippen LogP contribution >= 0.6 is 0 Å². The third-order valence-electron chi connectivity index (χ3n) is 3.97. The molecule has 0 saturated heterocycles. The van der Waals surface area contributed by atoms with Gasteiger partial charge in [0.25, 0.3) is 0 Å². The molecular formula is C17H18O4. The van der Waals surface area contributed by atoms with Crippen LogP contribution in [0.2, 0.25) is 0 Å². The molecule has 1 aliphatic carbocycles. The van der Waals surface area contributed by atoms with E-state index in [-0.39, 0.29) is 11.7 Å². The van der Waals surface area contributed by atoms with Gasteiger partial charge in [0.15, 0.2) is 5.78 Å². The molecule has 2 unspecified atom stereocenters. The zero-order chi connectivity index (χ0) is 14.8. The Labute approximate surface area is 123 Å². The number of esters is 1. The van der Waals surface area contributed by atoms with Crippen LogP contribution in [0, 0.1) is 0 Å². The van der Waals surface area contributed by atoms with Crippen LogP contribution in [-0.2, 0) is 19.1 Å². The summed E-state index contributed by atoms with van der Waals surface area (Å²) >= 11 is 0. The van der Waals surface area contributed by atoms with Crippen molar-refractivity contribution in [3.8, 4) is 0 Å². The summed E-state index contributed by atoms with van der Waals surface area (Å²) in [5, 5.41) is 0. The fraction of sp³-hybridized carbons (Fsp3) is 0.412. The molecule has 1 aromatic rings. The molecule has 0 aromatic heterocycles. The molecule has 1 heterocycles. The molecular weight excluding hydrogens is 268 g/mol. The lowest BCUT2D eigenvalue weighted by atomic mass is 9.82. The Morgan fingerprint density at radius 1 is 1.29 bits per heavy atom. The predicted octanol–water partition coefficient (Wildman–Crippen LogP) is 2.74. The van der Waals surface area contributed by atoms with Gasteiger partial charge in [0.1, 0.15) is 5.76 Å². The Bertz CT molecular complexity index is 588. The van der Waals surface area contributed by atoms with Crippen molar-refractivity contribution in [1.29, 1.82) is 0 Å². The van der Waals surface area contributed by atoms with Crippen molar-refractivity contribution in [1.82, 2.24) is 0 Å². The number of ether oxygens (including phenoxy) is 2. The van der Waals surface area contributed by atoms with Crippen molar-refractivity contribution >= 4 is 11.8 Å². The minimum atomic E-state index is -0.737. The van der Waals surface area contributed by atoms with E-state index in [1.807, 2.05) is 30.3 Å². The smallest absolute Gasteiger partial charge is 0.348 e. The van der Waals surface area contributed by atoms with Crippen molar-refractivity contribution < 1.29 is 19.1 Å². The zero-order valence-electron chi connectivity index (χ0n) is 12.0. The average molecular weight is 286 g/mol. The van der Waals surface area contributed by atoms with E-state index in [0.29, 0.717) is 24.4 Å². The summed E-state index contributed by atoms with van der Waals surface area (Å²) in [6, 6.07) is 9.58. The number of rotatable bonds is 3. The number of ketones is 1. The number of hydrogen-bond acceptors (Lipinski definition) is 4. The third kappa shape index (κ3) is 2.46. The van der Waals surface area contributed by atoms with E-state index in [0.717, 1.165) is 18.4 Å². The molecule has 2 aliphatic rings. The summed E-state index contributed by atoms with van der Waals surface area (Å²) in [5.41, 5.74) is 1.60. The molecule has 0 spiro atoms. The number of Topliss-reactive ketones (excluding diaryl/α,β-unsaturated/α-hetero) is 1. The number of carbonyl (C=O) groups excluding carboxylic acids is 2. The first-order valence-electron chi connectivity index (χ1n) is 7.37. The second-order valence-corrected chi connectivity index (χ2v) is 5.29. The second kappa shape index (κ2) is 5.72. The number of hydrogen-bond donors (Lipinski definition) is 0. The summed E-state index contributed by atoms with van der Waals surface area (Å²) < 4.78 is 10.9. The first-order valence-corrected chi connectivity index (χ1v) is 7.37. The molecule has 3 rings (SSSR count). The molecule has 4 heteroatoms. The van der Waals surface area contributed by atoms with Crippen LogP contribution in [0.3, 0.4) is 0 Å². The van der Waals surface area contributed by atoms with Crippen molar-refractivity contribution in [2.75, 3.05) is 6.61 Å². The summed E-state index contributed by atoms with van der Waals surface area (Å²) in [5.74, 6) is 0.0386. The first-order chi connectivity index (χ1) is 10.2. The van der Waals surface area contributed by atoms with Crippen LogP contribution in [0.15, 0.2) is 41.7 Å². The summed E-state index contributed by atoms with van der Waals surface area (Å²) in [6.45, 7) is 2.07. The van der Waals surface area contributed by atoms with Gasteiger partial charge < -0.3 is 9.47 Å². The molecule has 21 heavy (non-hydrogen) atoms. The molecule has 0 saturated carbocycles. The average Bonchev–Trinajstić information content (AvgIpc) is 2.89. The highest BCUT2D eigenvalue weighted by Gasteiger charge is 2.46. The summed E-state index contributed by atoms with van der Waals surface area (Å²) in [7, 11) is 0. The SMILES string of the molecule is CCOC(=O)C1OC2=C(C(=O)CCC2)C1c1ccccc1. The van der Waals surface area contributed by atoms with Crippen LogP contribution in [0.25, 0.3) is 0 Å². The normalized spacial score (nSPS) is 24.5. The molecule has 0 radical (unpaired) electrons. The molecule has 0 bridgehead atoms. The van der Waals surface area contributed by atoms with Gasteiger partial charge in [-0.25, -0.2) is 4.79 Å². The maximum absolute atomic E-state index is 12.3. The molecule has 1 aliphatic heterocycles. The van der Waals surface area contributed by atoms with E-state index in [9.17, 15) is 9.59 Å². The van der Waals surface area contributed by atoms with Crippen molar-refractivity contribution in [3.63, 3.8) is 0 Å². The maximum Gasteiger partial charge on any atom is 0.348 e. The van der Waals surface area contributed by atoms with Crippen LogP contribution in [0.4, 0.5) is 0 Å². The second-order valence-electron chi connectivity index (χ2n) is 5.29. The molecule has 110 valence electrons. The van der Waals surface area contributed by atoms with E-state index in [1.54, 1.807) is 6.92 Å². The van der Waals surface area contributed by atoms with E-state index in [2.05, 4.69) is 0 Å². The highest BCUT2D eigenvalue weighted by Crippen LogP contribution is 2.44. The van der Waals surface area contributed by atoms with E-state index in [1.165, 1.54) is 0 Å². The summed E-state index contributed by atoms with van der Waals surface area (Å²) in [4.78, 5) is 24.5. The van der Waals surface area contributed by atoms with Gasteiger partial charge in [-0.15, -0.1) is 0 Å². The molecule has 4 nitrogen and oxygen atoms in total. The molecule has 1 aromatic carbocycles. The monoisotopic (exact) mass is 286 g/mol. The number of carbonyl (C=O) groups is 2. The quantitative estimate of drug-likeness (QED) is 0.802. The van der Waals surface area contributed by atoms with Crippen LogP contribution in [0.5, 0.6) is 0 Å². The lowest BCUT2D eigenvalue weighted by Gasteiger charge is -2.19. The van der Waals surface area contributed by atoms with Gasteiger partial charge in [0.2, 0.25) is 6.10 Å². The van der Waals surface area contributed by atoms with Crippen molar-refractivity contribution in [3.05, 3.63) is 47.2 Å². The lowest BCUT2D eigenvalue weighted by Crippen LogP contribution is -2.30. The highest BCUT2D eigenvalue weighted by molar-refractivity contribution is 6.00. The van der Waals surface area contributed by atoms with Crippen LogP contribution in [-0.4, -0.2) is 24.5 Å². The van der Waals surface area contributed by atoms with Crippen molar-refractivity contribution in [2.45, 2.75) is 38.2 Å². The number of allylic oxidation sites excluding steroid dienone is 1. The fourth-order valence-electron chi connectivity index (χ4n) is 3.09. The fourth-order valence-corrected chi connectivity index (χ4v) is 3.09. The minimum Gasteiger partial charge on any atom is -0.482 e. The van der Waals surface area contributed by atoms with Gasteiger partial charge in [-0.3, -0.25) is 4.79 Å². The van der Waals surface area contributed by atoms with Gasteiger partial charge in [-0.05, 0) is 18.9 Å². The van der Waals surface area contributed by atoms with Gasteiger partial charge in [-0.1, -0.05) is 30.3 Å². The topological polar surface area (TPSA) is 52.6 Å². The Morgan fingerprint density at radius 3 is 2.76 bits per heavy atom. The minimum absolute atomic E-state index is 0.0944. The molecule has 0 amide bonds. The van der Waals surface area contributed by atoms with E-state index >= 15 is 0 Å². The first kappa shape index (κ1) is 13.9. The van der Waals surface area contributed by atoms with E-state index < -0.39 is 12.1 Å². The van der Waals surface area contributed by atoms with Gasteiger partial charge >= 0.3 is 5.97 Å². The molecule has 0 fully saturated rings. The van der Waals surface area contributed by atoms with Gasteiger partial charge in [0.05, 0.1) is 12.5 Å². The third-order valence-corrected chi connectivity index (χ3v) is 3.97. The largest absolute Gasteiger partial charge is 0.482 e. The zero-order valence-corrected chi connectivity index (χ0v) is 12.0. The molecule has 0 N–H and O–H groups in total. The Balaban J connectivity index is 2.01. The highest BCUT2D eigenvalue weighted by atomic mass is 16.6. The van der Waals surface area contributed by atoms with Crippen molar-refractivity contribution in [2.24, 2.45) is 0 Å². The standard InChI is InChI=1S/C17H18O4/c1-2-20-17(19)16-14(11-7-4-3-5-8-11)15-12(18)9-6-10-13(15)21-16/h3-5,7-8,14,16H,2,6,9-10H2,1H3. The van der Waals surface area contributed by atoms with E-state index in [4.69, 9.17) is 9.47 Å². The van der Waals surface area contributed by atoms with Crippen LogP contribution in [0.1, 0.15) is 37.7 Å². The van der Waals surface area contributed by atoms with Gasteiger partial charge in [0, 0.05) is 18.4 Å². The van der Waals surface area contributed by atoms with Crippen LogP contribution < -0.4 is 0 Å². The lowest BCUT2D eigenvalue weighted by molar-refractivity contribution is -0.153. The Hall–Kier alpha value is -2.10. The maximum atomic E-state index is 12.3. The Kier molecular flexibility index (Phi) is 3.78. The summed E-state index contributed by atoms with van der Waals surface area (Å²) in [6.07, 6.45) is 1.30. The predicted molar refractivity (Wildman–Crippen MR) is 76.6 cm³/mol.